The van der Waals surface area contributed by atoms with Crippen LogP contribution in [0.3, 0.4) is 0 Å². The van der Waals surface area contributed by atoms with Crippen LogP contribution < -0.4 is 9.16 Å². The molecule has 36 heavy (non-hydrogen) atoms. The van der Waals surface area contributed by atoms with Gasteiger partial charge in [0, 0.05) is 16.7 Å². The molecule has 0 saturated heterocycles. The first-order valence-corrected chi connectivity index (χ1v) is 15.1. The first kappa shape index (κ1) is 27.1. The van der Waals surface area contributed by atoms with Crippen molar-refractivity contribution < 1.29 is 18.8 Å². The van der Waals surface area contributed by atoms with Crippen LogP contribution in [0.25, 0.3) is 6.08 Å². The van der Waals surface area contributed by atoms with Gasteiger partial charge in [0.2, 0.25) is 9.04 Å². The maximum atomic E-state index is 13.5. The minimum atomic E-state index is -1.47. The summed E-state index contributed by atoms with van der Waals surface area (Å²) in [4.78, 5) is 26.9. The maximum Gasteiger partial charge on any atom is 0.229 e. The number of hydrogen-bond acceptors (Lipinski definition) is 4. The van der Waals surface area contributed by atoms with Crippen LogP contribution in [0.15, 0.2) is 78.9 Å². The van der Waals surface area contributed by atoms with Crippen LogP contribution in [0, 0.1) is 5.92 Å². The van der Waals surface area contributed by atoms with Crippen LogP contribution in [0.4, 0.5) is 0 Å². The lowest BCUT2D eigenvalue weighted by molar-refractivity contribution is -0.116. The molecule has 0 saturated carbocycles. The number of hydrogen-bond donors (Lipinski definition) is 0. The summed E-state index contributed by atoms with van der Waals surface area (Å²) >= 11 is 0. The van der Waals surface area contributed by atoms with Crippen molar-refractivity contribution in [2.45, 2.75) is 45.7 Å². The summed E-state index contributed by atoms with van der Waals surface area (Å²) in [7, 11) is 0.177. The predicted octanol–water partition coefficient (Wildman–Crippen LogP) is 6.68. The number of benzene rings is 3. The number of Topliss-reactive ketones (excluding diaryl/α,β-unsaturated/α-hetero) is 1. The number of ether oxygens (including phenoxy) is 1. The topological polar surface area (TPSA) is 52.6 Å². The van der Waals surface area contributed by atoms with Crippen molar-refractivity contribution in [1.29, 1.82) is 0 Å². The molecule has 0 spiro atoms. The number of rotatable bonds is 10. The lowest BCUT2D eigenvalue weighted by Crippen LogP contribution is -2.25. The quantitative estimate of drug-likeness (QED) is 0.135. The van der Waals surface area contributed by atoms with Gasteiger partial charge >= 0.3 is 0 Å². The molecule has 3 rings (SSSR count). The van der Waals surface area contributed by atoms with Gasteiger partial charge in [-0.2, -0.15) is 0 Å². The number of carbonyl (C=O) groups is 2. The van der Waals surface area contributed by atoms with Gasteiger partial charge in [-0.3, -0.25) is 9.59 Å². The zero-order valence-corrected chi connectivity index (χ0v) is 23.2. The lowest BCUT2D eigenvalue weighted by Gasteiger charge is -2.26. The van der Waals surface area contributed by atoms with E-state index in [1.165, 1.54) is 6.08 Å². The number of methoxy groups -OCH3 is 1. The van der Waals surface area contributed by atoms with E-state index in [1.807, 2.05) is 60.7 Å². The SMILES string of the molecule is COc1c(C(C)(C)C)ccc(C=CC(=O)C(Cc2ccccc2)C(=O)c2ccccc2)c1O[SiH](C)C. The van der Waals surface area contributed by atoms with Crippen molar-refractivity contribution >= 4 is 26.7 Å². The van der Waals surface area contributed by atoms with Gasteiger partial charge in [-0.15, -0.1) is 0 Å². The smallest absolute Gasteiger partial charge is 0.229 e. The van der Waals surface area contributed by atoms with Crippen LogP contribution in [0.2, 0.25) is 13.1 Å². The third kappa shape index (κ3) is 6.82. The molecule has 0 heterocycles. The van der Waals surface area contributed by atoms with Gasteiger partial charge in [0.25, 0.3) is 0 Å². The fourth-order valence-electron chi connectivity index (χ4n) is 4.12. The molecule has 3 aromatic rings. The standard InChI is InChI=1S/C31H36O4Si/c1-31(2,3)26-19-17-24(29(30(26)34-4)35-36(5)6)18-20-27(32)25(21-22-13-9-7-10-14-22)28(33)23-15-11-8-12-16-23/h7-20,25,36H,21H2,1-6H3. The van der Waals surface area contributed by atoms with Gasteiger partial charge in [-0.05, 0) is 42.6 Å². The molecule has 0 amide bonds. The second kappa shape index (κ2) is 12.0. The molecular formula is C31H36O4Si. The fourth-order valence-corrected chi connectivity index (χ4v) is 4.84. The molecule has 0 aliphatic heterocycles. The van der Waals surface area contributed by atoms with Crippen LogP contribution in [0.1, 0.15) is 47.8 Å². The molecule has 0 fully saturated rings. The highest BCUT2D eigenvalue weighted by atomic mass is 28.3. The summed E-state index contributed by atoms with van der Waals surface area (Å²) in [6, 6.07) is 22.6. The van der Waals surface area contributed by atoms with E-state index in [4.69, 9.17) is 9.16 Å². The first-order valence-electron chi connectivity index (χ1n) is 12.3. The number of carbonyl (C=O) groups excluding carboxylic acids is 2. The molecule has 0 N–H and O–H groups in total. The molecule has 4 nitrogen and oxygen atoms in total. The third-order valence-electron chi connectivity index (χ3n) is 5.94. The van der Waals surface area contributed by atoms with Crippen LogP contribution >= 0.6 is 0 Å². The molecule has 0 aromatic heterocycles. The van der Waals surface area contributed by atoms with E-state index in [-0.39, 0.29) is 17.0 Å². The molecule has 0 aliphatic carbocycles. The highest BCUT2D eigenvalue weighted by Gasteiger charge is 2.27. The third-order valence-corrected chi connectivity index (χ3v) is 6.64. The molecule has 0 radical (unpaired) electrons. The molecule has 3 aromatic carbocycles. The van der Waals surface area contributed by atoms with Gasteiger partial charge in [-0.1, -0.05) is 93.6 Å². The second-order valence-corrected chi connectivity index (χ2v) is 12.5. The van der Waals surface area contributed by atoms with E-state index in [0.29, 0.717) is 23.5 Å². The Morgan fingerprint density at radius 3 is 2.06 bits per heavy atom. The first-order chi connectivity index (χ1) is 17.1. The lowest BCUT2D eigenvalue weighted by atomic mass is 9.85. The van der Waals surface area contributed by atoms with Gasteiger partial charge in [0.1, 0.15) is 0 Å². The average Bonchev–Trinajstić information content (AvgIpc) is 2.86. The van der Waals surface area contributed by atoms with Gasteiger partial charge in [-0.25, -0.2) is 0 Å². The van der Waals surface area contributed by atoms with E-state index < -0.39 is 15.0 Å². The summed E-state index contributed by atoms with van der Waals surface area (Å²) in [5.41, 5.74) is 3.15. The molecular weight excluding hydrogens is 464 g/mol. The zero-order valence-electron chi connectivity index (χ0n) is 22.1. The summed E-state index contributed by atoms with van der Waals surface area (Å²) < 4.78 is 12.1. The highest BCUT2D eigenvalue weighted by Crippen LogP contribution is 2.41. The Labute approximate surface area is 216 Å². The Kier molecular flexibility index (Phi) is 9.05. The van der Waals surface area contributed by atoms with Crippen molar-refractivity contribution in [1.82, 2.24) is 0 Å². The Morgan fingerprint density at radius 1 is 0.889 bits per heavy atom. The molecule has 5 heteroatoms. The number of allylic oxidation sites excluding steroid dienone is 1. The van der Waals surface area contributed by atoms with E-state index in [1.54, 1.807) is 25.3 Å². The van der Waals surface area contributed by atoms with E-state index in [0.717, 1.165) is 16.7 Å². The van der Waals surface area contributed by atoms with Crippen LogP contribution in [-0.4, -0.2) is 27.7 Å². The minimum Gasteiger partial charge on any atom is -0.544 e. The van der Waals surface area contributed by atoms with E-state index in [2.05, 4.69) is 33.9 Å². The molecule has 0 aliphatic rings. The largest absolute Gasteiger partial charge is 0.544 e. The average molecular weight is 501 g/mol. The van der Waals surface area contributed by atoms with Gasteiger partial charge < -0.3 is 9.16 Å². The van der Waals surface area contributed by atoms with Crippen molar-refractivity contribution in [3.63, 3.8) is 0 Å². The normalized spacial score (nSPS) is 12.5. The molecule has 0 bridgehead atoms. The number of ketones is 2. The summed E-state index contributed by atoms with van der Waals surface area (Å²) in [5, 5.41) is 0. The highest BCUT2D eigenvalue weighted by molar-refractivity contribution is 6.49. The molecule has 1 atom stereocenters. The Morgan fingerprint density at radius 2 is 1.50 bits per heavy atom. The Balaban J connectivity index is 2.00. The summed E-state index contributed by atoms with van der Waals surface area (Å²) in [6.07, 6.45) is 3.60. The monoisotopic (exact) mass is 500 g/mol. The zero-order chi connectivity index (χ0) is 26.3. The van der Waals surface area contributed by atoms with E-state index >= 15 is 0 Å². The molecule has 1 unspecified atom stereocenters. The maximum absolute atomic E-state index is 13.5. The van der Waals surface area contributed by atoms with Crippen LogP contribution in [0.5, 0.6) is 11.5 Å². The summed E-state index contributed by atoms with van der Waals surface area (Å²) in [5.74, 6) is 0.120. The molecule has 188 valence electrons. The minimum absolute atomic E-state index is 0.136. The van der Waals surface area contributed by atoms with Gasteiger partial charge in [0.15, 0.2) is 23.1 Å². The van der Waals surface area contributed by atoms with E-state index in [9.17, 15) is 9.59 Å². The fraction of sp³-hybridized carbons (Fsp3) is 0.290. The van der Waals surface area contributed by atoms with Crippen molar-refractivity contribution in [3.05, 3.63) is 101 Å². The summed E-state index contributed by atoms with van der Waals surface area (Å²) in [6.45, 7) is 10.6. The van der Waals surface area contributed by atoms with Crippen molar-refractivity contribution in [2.24, 2.45) is 5.92 Å². The Bertz CT molecular complexity index is 1210. The van der Waals surface area contributed by atoms with Crippen LogP contribution in [-0.2, 0) is 16.6 Å². The second-order valence-electron chi connectivity index (χ2n) is 10.2. The predicted molar refractivity (Wildman–Crippen MR) is 150 cm³/mol. The van der Waals surface area contributed by atoms with Crippen molar-refractivity contribution in [3.8, 4) is 11.5 Å². The van der Waals surface area contributed by atoms with Gasteiger partial charge in [0.05, 0.1) is 13.0 Å². The van der Waals surface area contributed by atoms with Crippen molar-refractivity contribution in [2.75, 3.05) is 7.11 Å². The Hall–Kier alpha value is -3.44.